The zero-order chi connectivity index (χ0) is 26.9. The van der Waals surface area contributed by atoms with Crippen molar-refractivity contribution in [3.63, 3.8) is 0 Å². The van der Waals surface area contributed by atoms with Gasteiger partial charge in [-0.25, -0.2) is 18.7 Å². The summed E-state index contributed by atoms with van der Waals surface area (Å²) in [5.41, 5.74) is 4.38. The quantitative estimate of drug-likeness (QED) is 0.220. The van der Waals surface area contributed by atoms with Gasteiger partial charge in [-0.15, -0.1) is 22.7 Å². The molecule has 0 atom stereocenters. The Morgan fingerprint density at radius 3 is 2.62 bits per heavy atom. The van der Waals surface area contributed by atoms with Gasteiger partial charge in [0.1, 0.15) is 28.1 Å². The molecule has 0 N–H and O–H groups in total. The molecule has 0 bridgehead atoms. The van der Waals surface area contributed by atoms with Crippen molar-refractivity contribution >= 4 is 28.6 Å². The SMILES string of the molecule is Cc1onc(-c2ccccc2)c1-c1csc(C2CCN(C(=O)Cc3csc(-c4ccc(F)cc4F)n3)CC2)n1. The van der Waals surface area contributed by atoms with Gasteiger partial charge >= 0.3 is 0 Å². The first-order chi connectivity index (χ1) is 19.0. The minimum absolute atomic E-state index is 0.00250. The number of thiazole rings is 2. The maximum absolute atomic E-state index is 14.1. The Morgan fingerprint density at radius 2 is 1.85 bits per heavy atom. The van der Waals surface area contributed by atoms with Crippen LogP contribution >= 0.6 is 22.7 Å². The average molecular weight is 563 g/mol. The molecule has 1 aliphatic rings. The smallest absolute Gasteiger partial charge is 0.228 e. The molecule has 1 fully saturated rings. The van der Waals surface area contributed by atoms with E-state index in [1.807, 2.05) is 42.2 Å². The summed E-state index contributed by atoms with van der Waals surface area (Å²) in [7, 11) is 0. The summed E-state index contributed by atoms with van der Waals surface area (Å²) < 4.78 is 32.9. The van der Waals surface area contributed by atoms with Gasteiger partial charge in [-0.2, -0.15) is 0 Å². The van der Waals surface area contributed by atoms with Crippen LogP contribution in [0.4, 0.5) is 8.78 Å². The fourth-order valence-corrected chi connectivity index (χ4v) is 6.70. The Labute approximate surface area is 232 Å². The van der Waals surface area contributed by atoms with E-state index in [1.165, 1.54) is 23.5 Å². The molecule has 5 aromatic rings. The number of carbonyl (C=O) groups is 1. The van der Waals surface area contributed by atoms with Crippen LogP contribution in [0.25, 0.3) is 33.1 Å². The number of benzene rings is 2. The van der Waals surface area contributed by atoms with Gasteiger partial charge < -0.3 is 9.42 Å². The van der Waals surface area contributed by atoms with Crippen molar-refractivity contribution in [3.05, 3.63) is 87.4 Å². The normalized spacial score (nSPS) is 14.2. The van der Waals surface area contributed by atoms with E-state index in [9.17, 15) is 13.6 Å². The molecule has 10 heteroatoms. The first-order valence-corrected chi connectivity index (χ1v) is 14.4. The Kier molecular flexibility index (Phi) is 7.05. The van der Waals surface area contributed by atoms with Gasteiger partial charge in [-0.3, -0.25) is 4.79 Å². The number of piperidine rings is 1. The molecule has 0 spiro atoms. The molecule has 6 rings (SSSR count). The lowest BCUT2D eigenvalue weighted by atomic mass is 9.97. The second-order valence-corrected chi connectivity index (χ2v) is 11.2. The van der Waals surface area contributed by atoms with Gasteiger partial charge in [0.05, 0.1) is 28.4 Å². The predicted molar refractivity (Wildman–Crippen MR) is 148 cm³/mol. The maximum Gasteiger partial charge on any atom is 0.228 e. The van der Waals surface area contributed by atoms with Gasteiger partial charge in [-0.1, -0.05) is 35.5 Å². The lowest BCUT2D eigenvalue weighted by Crippen LogP contribution is -2.38. The fraction of sp³-hybridized carbons (Fsp3) is 0.241. The van der Waals surface area contributed by atoms with E-state index in [-0.39, 0.29) is 23.8 Å². The second-order valence-electron chi connectivity index (χ2n) is 9.50. The van der Waals surface area contributed by atoms with Crippen LogP contribution in [0.3, 0.4) is 0 Å². The Hall–Kier alpha value is -3.76. The van der Waals surface area contributed by atoms with E-state index in [2.05, 4.69) is 15.5 Å². The van der Waals surface area contributed by atoms with Crippen LogP contribution in [-0.2, 0) is 11.2 Å². The van der Waals surface area contributed by atoms with Crippen LogP contribution in [0.2, 0.25) is 0 Å². The Balaban J connectivity index is 1.09. The van der Waals surface area contributed by atoms with Gasteiger partial charge in [0.2, 0.25) is 5.91 Å². The summed E-state index contributed by atoms with van der Waals surface area (Å²) in [5.74, 6) is -0.285. The third-order valence-electron chi connectivity index (χ3n) is 6.93. The van der Waals surface area contributed by atoms with Crippen molar-refractivity contribution in [2.45, 2.75) is 32.1 Å². The molecule has 2 aromatic carbocycles. The molecular formula is C29H24F2N4O2S2. The minimum Gasteiger partial charge on any atom is -0.360 e. The molecule has 198 valence electrons. The highest BCUT2D eigenvalue weighted by Crippen LogP contribution is 2.38. The first-order valence-electron chi connectivity index (χ1n) is 12.6. The summed E-state index contributed by atoms with van der Waals surface area (Å²) in [4.78, 5) is 24.2. The molecule has 0 saturated carbocycles. The molecule has 1 amide bonds. The third-order valence-corrected chi connectivity index (χ3v) is 8.86. The Morgan fingerprint density at radius 1 is 1.05 bits per heavy atom. The molecule has 0 radical (unpaired) electrons. The molecule has 4 heterocycles. The van der Waals surface area contributed by atoms with E-state index in [0.29, 0.717) is 23.8 Å². The summed E-state index contributed by atoms with van der Waals surface area (Å²) in [6, 6.07) is 13.4. The number of rotatable bonds is 6. The van der Waals surface area contributed by atoms with E-state index >= 15 is 0 Å². The highest BCUT2D eigenvalue weighted by Gasteiger charge is 2.27. The van der Waals surface area contributed by atoms with Gasteiger partial charge in [-0.05, 0) is 31.9 Å². The lowest BCUT2D eigenvalue weighted by molar-refractivity contribution is -0.131. The van der Waals surface area contributed by atoms with Crippen molar-refractivity contribution in [2.75, 3.05) is 13.1 Å². The zero-order valence-electron chi connectivity index (χ0n) is 21.1. The van der Waals surface area contributed by atoms with Crippen molar-refractivity contribution in [1.82, 2.24) is 20.0 Å². The number of halogens is 2. The molecule has 0 aliphatic carbocycles. The van der Waals surface area contributed by atoms with Crippen LogP contribution in [0.5, 0.6) is 0 Å². The first kappa shape index (κ1) is 25.5. The lowest BCUT2D eigenvalue weighted by Gasteiger charge is -2.31. The highest BCUT2D eigenvalue weighted by atomic mass is 32.1. The van der Waals surface area contributed by atoms with Crippen LogP contribution in [0.15, 0.2) is 63.8 Å². The topological polar surface area (TPSA) is 72.1 Å². The van der Waals surface area contributed by atoms with E-state index in [4.69, 9.17) is 9.51 Å². The number of amides is 1. The van der Waals surface area contributed by atoms with Gasteiger partial charge in [0, 0.05) is 47.0 Å². The third kappa shape index (κ3) is 5.26. The number of aryl methyl sites for hydroxylation is 1. The molecule has 39 heavy (non-hydrogen) atoms. The number of nitrogens with zero attached hydrogens (tertiary/aromatic N) is 4. The molecular weight excluding hydrogens is 538 g/mol. The van der Waals surface area contributed by atoms with E-state index in [1.54, 1.807) is 16.7 Å². The molecule has 1 saturated heterocycles. The maximum atomic E-state index is 14.1. The zero-order valence-corrected chi connectivity index (χ0v) is 22.7. The highest BCUT2D eigenvalue weighted by molar-refractivity contribution is 7.13. The number of likely N-dealkylation sites (tertiary alicyclic amines) is 1. The van der Waals surface area contributed by atoms with Crippen molar-refractivity contribution in [1.29, 1.82) is 0 Å². The van der Waals surface area contributed by atoms with Crippen LogP contribution in [0.1, 0.15) is 35.2 Å². The van der Waals surface area contributed by atoms with Crippen molar-refractivity contribution in [2.24, 2.45) is 0 Å². The standard InChI is InChI=1S/C29H24F2N4O2S2/c1-17-26(27(34-37-17)18-5-3-2-4-6-18)24-16-39-28(33-24)19-9-11-35(12-10-19)25(36)14-21-15-38-29(32-21)22-8-7-20(30)13-23(22)31/h2-8,13,15-16,19H,9-12,14H2,1H3. The number of carbonyl (C=O) groups excluding carboxylic acids is 1. The summed E-state index contributed by atoms with van der Waals surface area (Å²) >= 11 is 2.88. The number of aromatic nitrogens is 3. The number of hydrogen-bond donors (Lipinski definition) is 0. The molecule has 0 unspecified atom stereocenters. The van der Waals surface area contributed by atoms with Gasteiger partial charge in [0.25, 0.3) is 0 Å². The van der Waals surface area contributed by atoms with Crippen LogP contribution < -0.4 is 0 Å². The van der Waals surface area contributed by atoms with Crippen molar-refractivity contribution in [3.8, 4) is 33.1 Å². The van der Waals surface area contributed by atoms with E-state index in [0.717, 1.165) is 52.2 Å². The number of hydrogen-bond acceptors (Lipinski definition) is 7. The fourth-order valence-electron chi connectivity index (χ4n) is 4.87. The largest absolute Gasteiger partial charge is 0.360 e. The summed E-state index contributed by atoms with van der Waals surface area (Å²) in [6.45, 7) is 3.19. The summed E-state index contributed by atoms with van der Waals surface area (Å²) in [6.07, 6.45) is 1.81. The van der Waals surface area contributed by atoms with Crippen LogP contribution in [-0.4, -0.2) is 39.0 Å². The average Bonchev–Trinajstić information content (AvgIpc) is 3.69. The molecule has 6 nitrogen and oxygen atoms in total. The van der Waals surface area contributed by atoms with Gasteiger partial charge in [0.15, 0.2) is 0 Å². The Bertz CT molecular complexity index is 1620. The van der Waals surface area contributed by atoms with E-state index < -0.39 is 11.6 Å². The summed E-state index contributed by atoms with van der Waals surface area (Å²) in [5, 5.41) is 9.59. The van der Waals surface area contributed by atoms with Crippen molar-refractivity contribution < 1.29 is 18.1 Å². The molecule has 3 aromatic heterocycles. The van der Waals surface area contributed by atoms with Crippen LogP contribution in [0, 0.1) is 18.6 Å². The minimum atomic E-state index is -0.662. The monoisotopic (exact) mass is 562 g/mol. The molecule has 1 aliphatic heterocycles. The predicted octanol–water partition coefficient (Wildman–Crippen LogP) is 7.12. The second kappa shape index (κ2) is 10.8.